The minimum atomic E-state index is -3.33. The Kier molecular flexibility index (Phi) is 8.71. The lowest BCUT2D eigenvalue weighted by atomic mass is 9.96. The zero-order chi connectivity index (χ0) is 25.8. The molecule has 35 heavy (non-hydrogen) atoms. The van der Waals surface area contributed by atoms with E-state index in [1.54, 1.807) is 31.2 Å². The summed E-state index contributed by atoms with van der Waals surface area (Å²) in [6.07, 6.45) is 2.27. The van der Waals surface area contributed by atoms with Gasteiger partial charge in [0.15, 0.2) is 15.5 Å². The first-order valence-electron chi connectivity index (χ1n) is 11.2. The Bertz CT molecular complexity index is 1370. The fourth-order valence-electron chi connectivity index (χ4n) is 3.80. The summed E-state index contributed by atoms with van der Waals surface area (Å²) in [6, 6.07) is 12.1. The summed E-state index contributed by atoms with van der Waals surface area (Å²) >= 11 is 13.1. The van der Waals surface area contributed by atoms with Crippen LogP contribution in [0.4, 0.5) is 5.69 Å². The molecule has 0 spiro atoms. The molecule has 0 amide bonds. The van der Waals surface area contributed by atoms with E-state index in [9.17, 15) is 13.2 Å². The predicted molar refractivity (Wildman–Crippen MR) is 141 cm³/mol. The molecule has 0 saturated carbocycles. The van der Waals surface area contributed by atoms with Crippen molar-refractivity contribution < 1.29 is 13.2 Å². The van der Waals surface area contributed by atoms with Crippen LogP contribution in [0, 0.1) is 12.5 Å². The Labute approximate surface area is 216 Å². The maximum atomic E-state index is 12.6. The van der Waals surface area contributed by atoms with Crippen LogP contribution >= 0.6 is 23.2 Å². The summed E-state index contributed by atoms with van der Waals surface area (Å²) in [6.45, 7) is 13.3. The minimum absolute atomic E-state index is 0.00818. The molecule has 1 aromatic heterocycles. The van der Waals surface area contributed by atoms with Gasteiger partial charge in [-0.15, -0.1) is 0 Å². The summed E-state index contributed by atoms with van der Waals surface area (Å²) in [4.78, 5) is 20.6. The van der Waals surface area contributed by atoms with Gasteiger partial charge in [0.1, 0.15) is 5.78 Å². The largest absolute Gasteiger partial charge is 0.299 e. The van der Waals surface area contributed by atoms with Gasteiger partial charge >= 0.3 is 0 Å². The molecule has 0 radical (unpaired) electrons. The molecular weight excluding hydrogens is 503 g/mol. The van der Waals surface area contributed by atoms with Crippen molar-refractivity contribution in [2.75, 3.05) is 5.75 Å². The van der Waals surface area contributed by atoms with E-state index in [1.807, 2.05) is 12.1 Å². The molecule has 0 aliphatic carbocycles. The molecule has 2 aromatic carbocycles. The molecule has 5 nitrogen and oxygen atoms in total. The van der Waals surface area contributed by atoms with Crippen LogP contribution in [0.1, 0.15) is 37.6 Å². The van der Waals surface area contributed by atoms with E-state index in [2.05, 4.69) is 23.7 Å². The third-order valence-electron chi connectivity index (χ3n) is 5.54. The third kappa shape index (κ3) is 6.70. The van der Waals surface area contributed by atoms with Crippen molar-refractivity contribution in [1.82, 2.24) is 4.98 Å². The number of nitrogens with zero attached hydrogens (tertiary/aromatic N) is 2. The number of hydrogen-bond acceptors (Lipinski definition) is 4. The molecule has 0 fully saturated rings. The van der Waals surface area contributed by atoms with E-state index in [4.69, 9.17) is 29.8 Å². The van der Waals surface area contributed by atoms with Crippen molar-refractivity contribution in [3.05, 3.63) is 86.9 Å². The second-order valence-electron chi connectivity index (χ2n) is 8.77. The predicted octanol–water partition coefficient (Wildman–Crippen LogP) is 6.95. The molecule has 0 saturated heterocycles. The maximum Gasteiger partial charge on any atom is 0.191 e. The molecule has 0 unspecified atom stereocenters. The van der Waals surface area contributed by atoms with Crippen molar-refractivity contribution in [1.29, 1.82) is 0 Å². The number of sulfone groups is 1. The number of hydrogen-bond donors (Lipinski definition) is 0. The number of pyridine rings is 1. The third-order valence-corrected chi connectivity index (χ3v) is 7.86. The zero-order valence-corrected chi connectivity index (χ0v) is 22.1. The van der Waals surface area contributed by atoms with Crippen LogP contribution in [0.25, 0.3) is 16.0 Å². The number of benzene rings is 2. The van der Waals surface area contributed by atoms with E-state index >= 15 is 0 Å². The van der Waals surface area contributed by atoms with Gasteiger partial charge in [-0.25, -0.2) is 13.3 Å². The van der Waals surface area contributed by atoms with Crippen LogP contribution in [0.2, 0.25) is 10.0 Å². The van der Waals surface area contributed by atoms with E-state index in [-0.39, 0.29) is 29.3 Å². The quantitative estimate of drug-likeness (QED) is 0.281. The van der Waals surface area contributed by atoms with E-state index in [1.165, 1.54) is 12.3 Å². The lowest BCUT2D eigenvalue weighted by molar-refractivity contribution is -0.117. The second kappa shape index (κ2) is 11.3. The number of halogens is 2. The fraction of sp³-hybridized carbons (Fsp3) is 0.296. The maximum absolute atomic E-state index is 12.6. The number of carbonyl (C=O) groups is 1. The molecule has 3 aromatic rings. The monoisotopic (exact) mass is 528 g/mol. The number of aromatic nitrogens is 1. The highest BCUT2D eigenvalue weighted by molar-refractivity contribution is 7.91. The first kappa shape index (κ1) is 26.9. The SMILES string of the molecule is [C-]#[N+]c1cc(-c2c(Cl)cc(CC(=O)Cc3ccc(S(=O)(=O)CC)cn3)cc2Cl)ccc1CC(C)C. The first-order valence-corrected chi connectivity index (χ1v) is 13.6. The lowest BCUT2D eigenvalue weighted by Crippen LogP contribution is -2.09. The molecule has 1 heterocycles. The highest BCUT2D eigenvalue weighted by Gasteiger charge is 2.16. The average Bonchev–Trinajstić information content (AvgIpc) is 2.79. The van der Waals surface area contributed by atoms with Crippen LogP contribution in [-0.2, 0) is 33.9 Å². The molecule has 0 aliphatic rings. The van der Waals surface area contributed by atoms with Crippen LogP contribution < -0.4 is 0 Å². The smallest absolute Gasteiger partial charge is 0.191 e. The lowest BCUT2D eigenvalue weighted by Gasteiger charge is -2.13. The summed E-state index contributed by atoms with van der Waals surface area (Å²) in [5, 5.41) is 0.806. The Hall–Kier alpha value is -2.72. The average molecular weight is 529 g/mol. The Morgan fingerprint density at radius 1 is 1.06 bits per heavy atom. The Balaban J connectivity index is 1.78. The zero-order valence-electron chi connectivity index (χ0n) is 19.8. The molecule has 0 bridgehead atoms. The van der Waals surface area contributed by atoms with E-state index < -0.39 is 9.84 Å². The van der Waals surface area contributed by atoms with Crippen molar-refractivity contribution in [2.45, 2.75) is 44.9 Å². The summed E-state index contributed by atoms with van der Waals surface area (Å²) in [7, 11) is -3.33. The van der Waals surface area contributed by atoms with Crippen molar-refractivity contribution in [2.24, 2.45) is 5.92 Å². The molecule has 0 atom stereocenters. The topological polar surface area (TPSA) is 68.5 Å². The Morgan fingerprint density at radius 2 is 1.74 bits per heavy atom. The molecule has 0 N–H and O–H groups in total. The van der Waals surface area contributed by atoms with Gasteiger partial charge < -0.3 is 0 Å². The summed E-state index contributed by atoms with van der Waals surface area (Å²) < 4.78 is 23.8. The number of Topliss-reactive ketones (excluding diaryl/α,β-unsaturated/α-hetero) is 1. The standard InChI is InChI=1S/C27H26Cl2N2O3S/c1-5-35(33,34)23-9-8-21(31-16-23)15-22(32)11-18-12-24(28)27(25(29)13-18)20-7-6-19(10-17(2)3)26(14-20)30-4/h6-9,12-14,16-17H,5,10-11,15H2,1-3H3. The van der Waals surface area contributed by atoms with Gasteiger partial charge in [0, 0.05) is 30.3 Å². The van der Waals surface area contributed by atoms with Gasteiger partial charge in [-0.3, -0.25) is 9.78 Å². The highest BCUT2D eigenvalue weighted by Crippen LogP contribution is 2.38. The molecule has 3 rings (SSSR count). The van der Waals surface area contributed by atoms with Gasteiger partial charge in [-0.2, -0.15) is 0 Å². The van der Waals surface area contributed by atoms with Gasteiger partial charge in [-0.1, -0.05) is 56.1 Å². The molecule has 8 heteroatoms. The second-order valence-corrected chi connectivity index (χ2v) is 11.9. The minimum Gasteiger partial charge on any atom is -0.299 e. The molecule has 182 valence electrons. The van der Waals surface area contributed by atoms with Gasteiger partial charge in [-0.05, 0) is 59.4 Å². The van der Waals surface area contributed by atoms with Crippen LogP contribution in [0.3, 0.4) is 0 Å². The van der Waals surface area contributed by atoms with Crippen molar-refractivity contribution in [3.8, 4) is 11.1 Å². The van der Waals surface area contributed by atoms with Gasteiger partial charge in [0.05, 0.1) is 27.3 Å². The normalized spacial score (nSPS) is 11.5. The molecule has 0 aliphatic heterocycles. The van der Waals surface area contributed by atoms with Gasteiger partial charge in [0.2, 0.25) is 0 Å². The summed E-state index contributed by atoms with van der Waals surface area (Å²) in [5.41, 5.74) is 4.10. The van der Waals surface area contributed by atoms with Crippen LogP contribution in [0.5, 0.6) is 0 Å². The number of ketones is 1. The fourth-order valence-corrected chi connectivity index (χ4v) is 5.37. The van der Waals surface area contributed by atoms with Gasteiger partial charge in [0.25, 0.3) is 0 Å². The number of carbonyl (C=O) groups excluding carboxylic acids is 1. The highest BCUT2D eigenvalue weighted by atomic mass is 35.5. The summed E-state index contributed by atoms with van der Waals surface area (Å²) in [5.74, 6) is 0.325. The van der Waals surface area contributed by atoms with Crippen LogP contribution in [-0.4, -0.2) is 24.9 Å². The molecular formula is C27H26Cl2N2O3S. The number of rotatable bonds is 9. The Morgan fingerprint density at radius 3 is 2.29 bits per heavy atom. The van der Waals surface area contributed by atoms with Crippen molar-refractivity contribution in [3.63, 3.8) is 0 Å². The van der Waals surface area contributed by atoms with E-state index in [0.717, 1.165) is 17.5 Å². The van der Waals surface area contributed by atoms with Crippen LogP contribution in [0.15, 0.2) is 53.6 Å². The van der Waals surface area contributed by atoms with E-state index in [0.29, 0.717) is 38.5 Å². The first-order chi connectivity index (χ1) is 16.5. The van der Waals surface area contributed by atoms with Crippen molar-refractivity contribution >= 4 is 44.5 Å².